The maximum absolute atomic E-state index is 13.3. The molecule has 1 N–H and O–H groups in total. The van der Waals surface area contributed by atoms with Crippen molar-refractivity contribution in [3.8, 4) is 0 Å². The Hall–Kier alpha value is -1.80. The third-order valence-electron chi connectivity index (χ3n) is 4.60. The van der Waals surface area contributed by atoms with Gasteiger partial charge in [0.15, 0.2) is 0 Å². The van der Waals surface area contributed by atoms with Gasteiger partial charge in [0.25, 0.3) is 0 Å². The maximum atomic E-state index is 13.3. The lowest BCUT2D eigenvalue weighted by Crippen LogP contribution is -2.40. The van der Waals surface area contributed by atoms with E-state index in [9.17, 15) is 13.2 Å². The number of rotatable bonds is 8. The molecular formula is C22H18Cl4N2O3S. The first-order valence-corrected chi connectivity index (χ1v) is 12.3. The van der Waals surface area contributed by atoms with E-state index in [-0.39, 0.29) is 18.0 Å². The molecule has 5 nitrogen and oxygen atoms in total. The molecule has 3 aromatic rings. The number of carbonyl (C=O) groups is 1. The predicted molar refractivity (Wildman–Crippen MR) is 129 cm³/mol. The van der Waals surface area contributed by atoms with E-state index in [0.29, 0.717) is 31.2 Å². The smallest absolute Gasteiger partial charge is 0.243 e. The van der Waals surface area contributed by atoms with E-state index in [1.54, 1.807) is 42.5 Å². The summed E-state index contributed by atoms with van der Waals surface area (Å²) in [6, 6.07) is 17.6. The Bertz CT molecular complexity index is 1200. The van der Waals surface area contributed by atoms with Crippen LogP contribution in [0.1, 0.15) is 11.1 Å². The number of nitrogens with zero attached hydrogens (tertiary/aromatic N) is 1. The normalized spacial score (nSPS) is 11.5. The van der Waals surface area contributed by atoms with Crippen molar-refractivity contribution in [1.82, 2.24) is 9.62 Å². The summed E-state index contributed by atoms with van der Waals surface area (Å²) < 4.78 is 27.7. The van der Waals surface area contributed by atoms with Crippen molar-refractivity contribution in [2.45, 2.75) is 18.0 Å². The second-order valence-electron chi connectivity index (χ2n) is 6.80. The van der Waals surface area contributed by atoms with Crippen LogP contribution in [0, 0.1) is 0 Å². The van der Waals surface area contributed by atoms with Crippen LogP contribution in [0.5, 0.6) is 0 Å². The van der Waals surface area contributed by atoms with Crippen LogP contribution in [0.15, 0.2) is 71.6 Å². The quantitative estimate of drug-likeness (QED) is 0.399. The van der Waals surface area contributed by atoms with Crippen molar-refractivity contribution in [1.29, 1.82) is 0 Å². The first-order chi connectivity index (χ1) is 15.2. The number of amides is 1. The molecular weight excluding hydrogens is 514 g/mol. The van der Waals surface area contributed by atoms with Crippen LogP contribution in [0.25, 0.3) is 0 Å². The van der Waals surface area contributed by atoms with Gasteiger partial charge in [-0.25, -0.2) is 8.42 Å². The van der Waals surface area contributed by atoms with Crippen LogP contribution in [-0.2, 0) is 27.9 Å². The molecule has 0 saturated heterocycles. The number of halogens is 4. The molecule has 0 unspecified atom stereocenters. The lowest BCUT2D eigenvalue weighted by molar-refractivity contribution is -0.121. The summed E-state index contributed by atoms with van der Waals surface area (Å²) in [7, 11) is -4.07. The van der Waals surface area contributed by atoms with Crippen molar-refractivity contribution in [2.24, 2.45) is 0 Å². The summed E-state index contributed by atoms with van der Waals surface area (Å²) in [5, 5.41) is 4.19. The van der Waals surface area contributed by atoms with E-state index in [4.69, 9.17) is 46.4 Å². The second-order valence-corrected chi connectivity index (χ2v) is 10.4. The van der Waals surface area contributed by atoms with Crippen molar-refractivity contribution < 1.29 is 13.2 Å². The Kier molecular flexibility index (Phi) is 8.44. The molecule has 0 aliphatic rings. The van der Waals surface area contributed by atoms with E-state index in [1.807, 2.05) is 0 Å². The highest BCUT2D eigenvalue weighted by Gasteiger charge is 2.28. The molecule has 3 aromatic carbocycles. The van der Waals surface area contributed by atoms with E-state index in [2.05, 4.69) is 5.32 Å². The maximum Gasteiger partial charge on any atom is 0.243 e. The molecule has 10 heteroatoms. The molecule has 0 bridgehead atoms. The van der Waals surface area contributed by atoms with Gasteiger partial charge in [0, 0.05) is 38.7 Å². The SMILES string of the molecule is O=C(CN(Cc1c(Cl)cccc1Cl)S(=O)(=O)c1ccc(Cl)cc1)NCc1ccccc1Cl. The molecule has 0 spiro atoms. The van der Waals surface area contributed by atoms with E-state index < -0.39 is 22.5 Å². The summed E-state index contributed by atoms with van der Waals surface area (Å²) in [6.45, 7) is -0.486. The highest BCUT2D eigenvalue weighted by atomic mass is 35.5. The number of carbonyl (C=O) groups excluding carboxylic acids is 1. The fourth-order valence-electron chi connectivity index (χ4n) is 2.89. The molecule has 0 atom stereocenters. The molecule has 0 fully saturated rings. The third-order valence-corrected chi connectivity index (χ3v) is 7.74. The number of nitrogens with one attached hydrogen (secondary N) is 1. The van der Waals surface area contributed by atoms with E-state index >= 15 is 0 Å². The second kappa shape index (κ2) is 10.9. The number of sulfonamides is 1. The van der Waals surface area contributed by atoms with Gasteiger partial charge in [-0.1, -0.05) is 70.7 Å². The van der Waals surface area contributed by atoms with Gasteiger partial charge in [0.2, 0.25) is 15.9 Å². The predicted octanol–water partition coefficient (Wildman–Crippen LogP) is 5.81. The molecule has 3 rings (SSSR count). The zero-order valence-corrected chi connectivity index (χ0v) is 20.4. The molecule has 0 radical (unpaired) electrons. The minimum absolute atomic E-state index is 0.0102. The minimum Gasteiger partial charge on any atom is -0.351 e. The minimum atomic E-state index is -4.07. The highest BCUT2D eigenvalue weighted by Crippen LogP contribution is 2.28. The summed E-state index contributed by atoms with van der Waals surface area (Å²) in [6.07, 6.45) is 0. The molecule has 0 heterocycles. The van der Waals surface area contributed by atoms with Gasteiger partial charge < -0.3 is 5.32 Å². The first-order valence-electron chi connectivity index (χ1n) is 9.37. The van der Waals surface area contributed by atoms with Gasteiger partial charge in [-0.3, -0.25) is 4.79 Å². The van der Waals surface area contributed by atoms with Crippen molar-refractivity contribution in [3.63, 3.8) is 0 Å². The Balaban J connectivity index is 1.87. The van der Waals surface area contributed by atoms with Crippen LogP contribution >= 0.6 is 46.4 Å². The number of hydrogen-bond acceptors (Lipinski definition) is 3. The van der Waals surface area contributed by atoms with Gasteiger partial charge in [0.05, 0.1) is 11.4 Å². The molecule has 168 valence electrons. The number of hydrogen-bond donors (Lipinski definition) is 1. The lowest BCUT2D eigenvalue weighted by atomic mass is 10.2. The molecule has 0 aliphatic heterocycles. The Morgan fingerprint density at radius 1 is 0.812 bits per heavy atom. The molecule has 0 aromatic heterocycles. The van der Waals surface area contributed by atoms with Gasteiger partial charge >= 0.3 is 0 Å². The van der Waals surface area contributed by atoms with Crippen LogP contribution in [-0.4, -0.2) is 25.2 Å². The fraction of sp³-hybridized carbons (Fsp3) is 0.136. The summed E-state index contributed by atoms with van der Waals surface area (Å²) in [5.74, 6) is -0.509. The summed E-state index contributed by atoms with van der Waals surface area (Å²) in [5.41, 5.74) is 1.11. The summed E-state index contributed by atoms with van der Waals surface area (Å²) >= 11 is 24.5. The van der Waals surface area contributed by atoms with E-state index in [1.165, 1.54) is 24.3 Å². The van der Waals surface area contributed by atoms with Gasteiger partial charge in [-0.15, -0.1) is 0 Å². The fourth-order valence-corrected chi connectivity index (χ4v) is 5.10. The highest BCUT2D eigenvalue weighted by molar-refractivity contribution is 7.89. The van der Waals surface area contributed by atoms with Crippen molar-refractivity contribution in [2.75, 3.05) is 6.54 Å². The number of benzene rings is 3. The topological polar surface area (TPSA) is 66.5 Å². The zero-order chi connectivity index (χ0) is 23.3. The van der Waals surface area contributed by atoms with Gasteiger partial charge in [-0.2, -0.15) is 4.31 Å². The zero-order valence-electron chi connectivity index (χ0n) is 16.6. The molecule has 32 heavy (non-hydrogen) atoms. The molecule has 0 aliphatic carbocycles. The monoisotopic (exact) mass is 530 g/mol. The van der Waals surface area contributed by atoms with Crippen LogP contribution < -0.4 is 5.32 Å². The van der Waals surface area contributed by atoms with Crippen LogP contribution in [0.4, 0.5) is 0 Å². The van der Waals surface area contributed by atoms with Crippen molar-refractivity contribution >= 4 is 62.3 Å². The lowest BCUT2D eigenvalue weighted by Gasteiger charge is -2.23. The Morgan fingerprint density at radius 3 is 2.03 bits per heavy atom. The summed E-state index contributed by atoms with van der Waals surface area (Å²) in [4.78, 5) is 12.7. The average molecular weight is 532 g/mol. The van der Waals surface area contributed by atoms with E-state index in [0.717, 1.165) is 4.31 Å². The van der Waals surface area contributed by atoms with Gasteiger partial charge in [0.1, 0.15) is 0 Å². The largest absolute Gasteiger partial charge is 0.351 e. The van der Waals surface area contributed by atoms with Crippen molar-refractivity contribution in [3.05, 3.63) is 97.9 Å². The Labute approximate surface area is 206 Å². The Morgan fingerprint density at radius 2 is 1.41 bits per heavy atom. The van der Waals surface area contributed by atoms with Gasteiger partial charge in [-0.05, 0) is 48.0 Å². The van der Waals surface area contributed by atoms with Crippen LogP contribution in [0.3, 0.4) is 0 Å². The molecule has 1 amide bonds. The third kappa shape index (κ3) is 6.16. The van der Waals surface area contributed by atoms with Crippen LogP contribution in [0.2, 0.25) is 20.1 Å². The first kappa shape index (κ1) is 24.8. The standard InChI is InChI=1S/C22H18Cl4N2O3S/c23-16-8-10-17(11-9-16)32(30,31)28(13-18-20(25)6-3-7-21(18)26)14-22(29)27-12-15-4-1-2-5-19(15)24/h1-11H,12-14H2,(H,27,29). The average Bonchev–Trinajstić information content (AvgIpc) is 2.75. The molecule has 0 saturated carbocycles.